The van der Waals surface area contributed by atoms with Crippen molar-refractivity contribution in [2.45, 2.75) is 32.2 Å². The molecule has 0 saturated heterocycles. The second-order valence-corrected chi connectivity index (χ2v) is 9.42. The molecule has 0 fully saturated rings. The molecule has 6 rings (SSSR count). The van der Waals surface area contributed by atoms with Crippen molar-refractivity contribution in [1.29, 1.82) is 0 Å². The van der Waals surface area contributed by atoms with Crippen molar-refractivity contribution in [3.8, 4) is 17.1 Å². The van der Waals surface area contributed by atoms with E-state index in [1.807, 2.05) is 6.07 Å². The van der Waals surface area contributed by atoms with Crippen LogP contribution in [0.3, 0.4) is 0 Å². The summed E-state index contributed by atoms with van der Waals surface area (Å²) in [7, 11) is 1.76. The second kappa shape index (κ2) is 6.84. The summed E-state index contributed by atoms with van der Waals surface area (Å²) in [4.78, 5) is 14.4. The zero-order valence-electron chi connectivity index (χ0n) is 18.8. The van der Waals surface area contributed by atoms with E-state index in [9.17, 15) is 0 Å². The quantitative estimate of drug-likeness (QED) is 0.431. The summed E-state index contributed by atoms with van der Waals surface area (Å²) in [5, 5.41) is 2.07. The summed E-state index contributed by atoms with van der Waals surface area (Å²) in [6.45, 7) is 7.39. The average Bonchev–Trinajstić information content (AvgIpc) is 3.25. The maximum Gasteiger partial charge on any atom is 0.138 e. The monoisotopic (exact) mass is 425 g/mol. The predicted octanol–water partition coefficient (Wildman–Crippen LogP) is 5.95. The largest absolute Gasteiger partial charge is 0.493 e. The molecule has 0 amide bonds. The highest BCUT2D eigenvalue weighted by Gasteiger charge is 2.50. The third kappa shape index (κ3) is 2.64. The molecular formula is C27H27N3O2. The zero-order valence-corrected chi connectivity index (χ0v) is 18.8. The number of nitrogens with zero attached hydrogens (tertiary/aromatic N) is 2. The summed E-state index contributed by atoms with van der Waals surface area (Å²) >= 11 is 0. The number of hydrogen-bond acceptors (Lipinski definition) is 4. The lowest BCUT2D eigenvalue weighted by molar-refractivity contribution is 0.0442. The number of aryl methyl sites for hydroxylation is 1. The smallest absolute Gasteiger partial charge is 0.138 e. The van der Waals surface area contributed by atoms with Gasteiger partial charge in [-0.25, -0.2) is 10.0 Å². The Balaban J connectivity index is 1.51. The first-order valence-corrected chi connectivity index (χ1v) is 11.1. The van der Waals surface area contributed by atoms with Gasteiger partial charge >= 0.3 is 0 Å². The molecule has 0 radical (unpaired) electrons. The lowest BCUT2D eigenvalue weighted by Gasteiger charge is -2.52. The van der Waals surface area contributed by atoms with E-state index in [2.05, 4.69) is 85.4 Å². The van der Waals surface area contributed by atoms with Crippen molar-refractivity contribution in [1.82, 2.24) is 9.97 Å². The second-order valence-electron chi connectivity index (χ2n) is 9.42. The number of nitrogens with one attached hydrogen (secondary N) is 1. The van der Waals surface area contributed by atoms with Crippen LogP contribution in [0.2, 0.25) is 0 Å². The predicted molar refractivity (Wildman–Crippen MR) is 127 cm³/mol. The Hall–Kier alpha value is -3.31. The van der Waals surface area contributed by atoms with Crippen LogP contribution < -0.4 is 9.80 Å². The van der Waals surface area contributed by atoms with Gasteiger partial charge in [-0.05, 0) is 48.4 Å². The number of hydrogen-bond donors (Lipinski definition) is 1. The van der Waals surface area contributed by atoms with E-state index in [0.29, 0.717) is 6.61 Å². The lowest BCUT2D eigenvalue weighted by Crippen LogP contribution is -2.51. The van der Waals surface area contributed by atoms with Gasteiger partial charge < -0.3 is 9.72 Å². The van der Waals surface area contributed by atoms with E-state index >= 15 is 0 Å². The van der Waals surface area contributed by atoms with Gasteiger partial charge in [-0.1, -0.05) is 44.2 Å². The van der Waals surface area contributed by atoms with Crippen LogP contribution in [0.1, 0.15) is 36.6 Å². The topological polar surface area (TPSA) is 50.4 Å². The van der Waals surface area contributed by atoms with E-state index < -0.39 is 0 Å². The Morgan fingerprint density at radius 2 is 1.94 bits per heavy atom. The van der Waals surface area contributed by atoms with Gasteiger partial charge in [0.25, 0.3) is 0 Å². The maximum atomic E-state index is 6.20. The van der Waals surface area contributed by atoms with Crippen molar-refractivity contribution in [2.24, 2.45) is 5.92 Å². The van der Waals surface area contributed by atoms with Crippen LogP contribution >= 0.6 is 0 Å². The van der Waals surface area contributed by atoms with Crippen LogP contribution in [0.25, 0.3) is 22.4 Å². The molecule has 162 valence electrons. The van der Waals surface area contributed by atoms with Crippen molar-refractivity contribution in [2.75, 3.05) is 18.8 Å². The SMILES string of the molecule is CON1c2ccc(-c3nc4c(C)cccc4[nH]3)cc2C(C)(C)[C@H]2COc3ccccc3[C@H]21. The summed E-state index contributed by atoms with van der Waals surface area (Å²) in [6, 6.07) is 21.2. The first-order valence-electron chi connectivity index (χ1n) is 11.1. The number of ether oxygens (including phenoxy) is 1. The number of aromatic amines is 1. The number of hydroxylamine groups is 1. The van der Waals surface area contributed by atoms with Gasteiger partial charge in [0.15, 0.2) is 0 Å². The minimum absolute atomic E-state index is 0.104. The molecule has 4 aromatic rings. The van der Waals surface area contributed by atoms with Crippen LogP contribution in [-0.2, 0) is 10.3 Å². The molecule has 0 aliphatic carbocycles. The number of imidazole rings is 1. The van der Waals surface area contributed by atoms with Crippen molar-refractivity contribution < 1.29 is 9.57 Å². The van der Waals surface area contributed by atoms with Crippen LogP contribution in [0, 0.1) is 12.8 Å². The molecule has 2 aliphatic rings. The molecule has 2 atom stereocenters. The molecule has 0 unspecified atom stereocenters. The Labute approximate surface area is 188 Å². The minimum atomic E-state index is -0.111. The molecule has 3 aromatic carbocycles. The van der Waals surface area contributed by atoms with Crippen LogP contribution in [0.15, 0.2) is 60.7 Å². The summed E-state index contributed by atoms with van der Waals surface area (Å²) in [5.41, 5.74) is 7.77. The Bertz CT molecular complexity index is 1340. The summed E-state index contributed by atoms with van der Waals surface area (Å²) < 4.78 is 6.20. The van der Waals surface area contributed by atoms with Gasteiger partial charge in [-0.3, -0.25) is 4.84 Å². The Morgan fingerprint density at radius 3 is 2.75 bits per heavy atom. The molecular weight excluding hydrogens is 398 g/mol. The van der Waals surface area contributed by atoms with Crippen LogP contribution in [0.4, 0.5) is 5.69 Å². The molecule has 0 saturated carbocycles. The van der Waals surface area contributed by atoms with Crippen molar-refractivity contribution in [3.63, 3.8) is 0 Å². The molecule has 5 heteroatoms. The number of fused-ring (bicyclic) bond motifs is 5. The normalized spacial score (nSPS) is 20.9. The number of para-hydroxylation sites is 2. The van der Waals surface area contributed by atoms with E-state index in [1.165, 1.54) is 16.7 Å². The zero-order chi connectivity index (χ0) is 22.0. The molecule has 5 nitrogen and oxygen atoms in total. The molecule has 32 heavy (non-hydrogen) atoms. The van der Waals surface area contributed by atoms with E-state index in [-0.39, 0.29) is 17.4 Å². The third-order valence-corrected chi connectivity index (χ3v) is 7.33. The molecule has 1 N–H and O–H groups in total. The fourth-order valence-corrected chi connectivity index (χ4v) is 5.50. The average molecular weight is 426 g/mol. The Morgan fingerprint density at radius 1 is 1.09 bits per heavy atom. The highest BCUT2D eigenvalue weighted by Crippen LogP contribution is 2.55. The van der Waals surface area contributed by atoms with Crippen LogP contribution in [0.5, 0.6) is 5.75 Å². The summed E-state index contributed by atoms with van der Waals surface area (Å²) in [6.07, 6.45) is 0. The third-order valence-electron chi connectivity index (χ3n) is 7.33. The van der Waals surface area contributed by atoms with E-state index in [1.54, 1.807) is 7.11 Å². The number of benzene rings is 3. The van der Waals surface area contributed by atoms with E-state index in [0.717, 1.165) is 33.9 Å². The first-order chi connectivity index (χ1) is 15.5. The maximum absolute atomic E-state index is 6.20. The van der Waals surface area contributed by atoms with Crippen molar-refractivity contribution >= 4 is 16.7 Å². The standard InChI is InChI=1S/C27H27N3O2/c1-16-8-7-10-21-24(16)29-26(28-21)17-12-13-22-19(14-17)27(2,3)20-15-32-23-11-6-5-9-18(23)25(20)30(22)31-4/h5-14,20,25H,15H2,1-4H3,(H,28,29)/t20-,25+/m0/s1. The van der Waals surface area contributed by atoms with Gasteiger partial charge in [-0.2, -0.15) is 0 Å². The van der Waals surface area contributed by atoms with E-state index in [4.69, 9.17) is 14.6 Å². The van der Waals surface area contributed by atoms with Gasteiger partial charge in [0.2, 0.25) is 0 Å². The Kier molecular flexibility index (Phi) is 4.14. The summed E-state index contributed by atoms with van der Waals surface area (Å²) in [5.74, 6) is 2.09. The molecule has 3 heterocycles. The molecule has 0 bridgehead atoms. The number of rotatable bonds is 2. The molecule has 2 aliphatic heterocycles. The molecule has 0 spiro atoms. The first kappa shape index (κ1) is 19.4. The fourth-order valence-electron chi connectivity index (χ4n) is 5.50. The van der Waals surface area contributed by atoms with Gasteiger partial charge in [0.1, 0.15) is 11.6 Å². The highest BCUT2D eigenvalue weighted by atomic mass is 16.7. The van der Waals surface area contributed by atoms with Crippen molar-refractivity contribution in [3.05, 3.63) is 77.4 Å². The highest BCUT2D eigenvalue weighted by molar-refractivity contribution is 5.82. The number of anilines is 1. The van der Waals surface area contributed by atoms with Crippen LogP contribution in [-0.4, -0.2) is 23.7 Å². The van der Waals surface area contributed by atoms with Gasteiger partial charge in [0.05, 0.1) is 36.5 Å². The molecule has 1 aromatic heterocycles. The minimum Gasteiger partial charge on any atom is -0.493 e. The van der Waals surface area contributed by atoms with Gasteiger partial charge in [-0.15, -0.1) is 0 Å². The fraction of sp³-hybridized carbons (Fsp3) is 0.296. The lowest BCUT2D eigenvalue weighted by atomic mass is 9.65. The number of aromatic nitrogens is 2. The number of H-pyrrole nitrogens is 1. The van der Waals surface area contributed by atoms with Gasteiger partial charge in [0, 0.05) is 22.5 Å².